The summed E-state index contributed by atoms with van der Waals surface area (Å²) in [7, 11) is 0. The van der Waals surface area contributed by atoms with Gasteiger partial charge in [0, 0.05) is 5.39 Å². The summed E-state index contributed by atoms with van der Waals surface area (Å²) in [5.41, 5.74) is 7.01. The van der Waals surface area contributed by atoms with Crippen LogP contribution in [-0.2, 0) is 0 Å². The molecule has 3 nitrogen and oxygen atoms in total. The molecule has 0 aliphatic carbocycles. The molecule has 0 aliphatic rings. The number of aryl methyl sites for hydroxylation is 1. The minimum Gasteiger partial charge on any atom is -0.382 e. The fourth-order valence-electron chi connectivity index (χ4n) is 1.35. The Balaban J connectivity index is 2.93. The number of halogens is 1. The monoisotopic (exact) mass is 165 g/mol. The minimum absolute atomic E-state index is 0.274. The fourth-order valence-corrected chi connectivity index (χ4v) is 1.35. The van der Waals surface area contributed by atoms with E-state index in [1.165, 1.54) is 12.1 Å². The van der Waals surface area contributed by atoms with Crippen molar-refractivity contribution in [2.24, 2.45) is 0 Å². The van der Waals surface area contributed by atoms with Crippen molar-refractivity contribution in [2.45, 2.75) is 6.92 Å². The lowest BCUT2D eigenvalue weighted by Crippen LogP contribution is -1.86. The van der Waals surface area contributed by atoms with Gasteiger partial charge in [-0.05, 0) is 24.6 Å². The van der Waals surface area contributed by atoms with E-state index in [-0.39, 0.29) is 5.82 Å². The van der Waals surface area contributed by atoms with E-state index in [2.05, 4.69) is 10.2 Å². The van der Waals surface area contributed by atoms with Crippen molar-refractivity contribution in [1.82, 2.24) is 10.2 Å². The second-order valence-electron chi connectivity index (χ2n) is 2.75. The number of nitrogens with zero attached hydrogens (tertiary/aromatic N) is 1. The topological polar surface area (TPSA) is 54.7 Å². The smallest absolute Gasteiger partial charge is 0.153 e. The minimum atomic E-state index is -0.274. The third kappa shape index (κ3) is 0.845. The Morgan fingerprint density at radius 3 is 3.00 bits per heavy atom. The van der Waals surface area contributed by atoms with E-state index in [0.717, 1.165) is 10.9 Å². The SMILES string of the molecule is Cc1cc(F)cc2[nH]nc(N)c12. The molecule has 0 saturated carbocycles. The number of aromatic nitrogens is 2. The number of H-pyrrole nitrogens is 1. The van der Waals surface area contributed by atoms with Crippen molar-refractivity contribution in [3.05, 3.63) is 23.5 Å². The number of nitrogens with one attached hydrogen (secondary N) is 1. The van der Waals surface area contributed by atoms with E-state index >= 15 is 0 Å². The number of aromatic amines is 1. The number of nitrogen functional groups attached to an aromatic ring is 1. The van der Waals surface area contributed by atoms with Crippen molar-refractivity contribution in [3.63, 3.8) is 0 Å². The Morgan fingerprint density at radius 2 is 2.25 bits per heavy atom. The molecule has 0 spiro atoms. The van der Waals surface area contributed by atoms with E-state index in [0.29, 0.717) is 11.3 Å². The molecule has 12 heavy (non-hydrogen) atoms. The molecular weight excluding hydrogens is 157 g/mol. The third-order valence-electron chi connectivity index (χ3n) is 1.85. The van der Waals surface area contributed by atoms with E-state index in [1.54, 1.807) is 6.92 Å². The van der Waals surface area contributed by atoms with Crippen LogP contribution in [0.25, 0.3) is 10.9 Å². The van der Waals surface area contributed by atoms with Gasteiger partial charge in [0.2, 0.25) is 0 Å². The molecule has 0 atom stereocenters. The average Bonchev–Trinajstić information content (AvgIpc) is 2.31. The predicted molar refractivity (Wildman–Crippen MR) is 45.2 cm³/mol. The second kappa shape index (κ2) is 2.20. The molecule has 2 aromatic rings. The van der Waals surface area contributed by atoms with E-state index in [4.69, 9.17) is 5.73 Å². The first-order chi connectivity index (χ1) is 5.68. The third-order valence-corrected chi connectivity index (χ3v) is 1.85. The molecule has 0 fully saturated rings. The number of hydrogen-bond acceptors (Lipinski definition) is 2. The van der Waals surface area contributed by atoms with Gasteiger partial charge in [0.05, 0.1) is 5.52 Å². The lowest BCUT2D eigenvalue weighted by atomic mass is 10.1. The normalized spacial score (nSPS) is 10.8. The number of benzene rings is 1. The molecule has 0 radical (unpaired) electrons. The molecule has 0 aliphatic heterocycles. The lowest BCUT2D eigenvalue weighted by molar-refractivity contribution is 0.628. The van der Waals surface area contributed by atoms with Crippen LogP contribution in [0, 0.1) is 12.7 Å². The van der Waals surface area contributed by atoms with Gasteiger partial charge in [-0.2, -0.15) is 5.10 Å². The zero-order valence-electron chi connectivity index (χ0n) is 6.56. The molecule has 0 unspecified atom stereocenters. The number of fused-ring (bicyclic) bond motifs is 1. The highest BCUT2D eigenvalue weighted by molar-refractivity contribution is 5.91. The van der Waals surface area contributed by atoms with Crippen LogP contribution in [0.5, 0.6) is 0 Å². The Bertz CT molecular complexity index is 433. The van der Waals surface area contributed by atoms with Crippen LogP contribution in [0.1, 0.15) is 5.56 Å². The summed E-state index contributed by atoms with van der Waals surface area (Å²) in [6.45, 7) is 1.80. The molecular formula is C8H8FN3. The first-order valence-electron chi connectivity index (χ1n) is 3.58. The van der Waals surface area contributed by atoms with Crippen molar-refractivity contribution in [1.29, 1.82) is 0 Å². The maximum absolute atomic E-state index is 12.8. The average molecular weight is 165 g/mol. The number of nitrogens with two attached hydrogens (primary N) is 1. The molecule has 3 N–H and O–H groups in total. The summed E-state index contributed by atoms with van der Waals surface area (Å²) in [5, 5.41) is 7.24. The second-order valence-corrected chi connectivity index (χ2v) is 2.75. The maximum atomic E-state index is 12.8. The van der Waals surface area contributed by atoms with Gasteiger partial charge in [-0.3, -0.25) is 5.10 Å². The lowest BCUT2D eigenvalue weighted by Gasteiger charge is -1.95. The molecule has 1 aromatic heterocycles. The zero-order chi connectivity index (χ0) is 8.72. The molecule has 0 saturated heterocycles. The predicted octanol–water partition coefficient (Wildman–Crippen LogP) is 1.59. The van der Waals surface area contributed by atoms with Crippen molar-refractivity contribution >= 4 is 16.7 Å². The Hall–Kier alpha value is -1.58. The number of anilines is 1. The van der Waals surface area contributed by atoms with Crippen LogP contribution in [0.4, 0.5) is 10.2 Å². The molecule has 0 bridgehead atoms. The summed E-state index contributed by atoms with van der Waals surface area (Å²) < 4.78 is 12.8. The summed E-state index contributed by atoms with van der Waals surface area (Å²) in [4.78, 5) is 0. The van der Waals surface area contributed by atoms with Crippen LogP contribution in [0.2, 0.25) is 0 Å². The summed E-state index contributed by atoms with van der Waals surface area (Å²) >= 11 is 0. The highest BCUT2D eigenvalue weighted by Crippen LogP contribution is 2.22. The van der Waals surface area contributed by atoms with E-state index < -0.39 is 0 Å². The van der Waals surface area contributed by atoms with Crippen LogP contribution in [-0.4, -0.2) is 10.2 Å². The van der Waals surface area contributed by atoms with Gasteiger partial charge in [0.25, 0.3) is 0 Å². The molecule has 2 rings (SSSR count). The molecule has 62 valence electrons. The van der Waals surface area contributed by atoms with Gasteiger partial charge < -0.3 is 5.73 Å². The quantitative estimate of drug-likeness (QED) is 0.622. The Morgan fingerprint density at radius 1 is 1.50 bits per heavy atom. The van der Waals surface area contributed by atoms with Crippen molar-refractivity contribution < 1.29 is 4.39 Å². The zero-order valence-corrected chi connectivity index (χ0v) is 6.56. The highest BCUT2D eigenvalue weighted by atomic mass is 19.1. The molecule has 0 amide bonds. The van der Waals surface area contributed by atoms with E-state index in [9.17, 15) is 4.39 Å². The van der Waals surface area contributed by atoms with Crippen LogP contribution >= 0.6 is 0 Å². The largest absolute Gasteiger partial charge is 0.382 e. The first kappa shape index (κ1) is 7.09. The number of hydrogen-bond donors (Lipinski definition) is 2. The Kier molecular flexibility index (Phi) is 1.30. The molecule has 1 aromatic carbocycles. The van der Waals surface area contributed by atoms with Gasteiger partial charge >= 0.3 is 0 Å². The summed E-state index contributed by atoms with van der Waals surface area (Å²) in [5.74, 6) is 0.145. The first-order valence-corrected chi connectivity index (χ1v) is 3.58. The summed E-state index contributed by atoms with van der Waals surface area (Å²) in [6, 6.07) is 2.82. The molecule has 1 heterocycles. The number of rotatable bonds is 0. The van der Waals surface area contributed by atoms with E-state index in [1.807, 2.05) is 0 Å². The van der Waals surface area contributed by atoms with Crippen LogP contribution < -0.4 is 5.73 Å². The van der Waals surface area contributed by atoms with Crippen LogP contribution in [0.3, 0.4) is 0 Å². The highest BCUT2D eigenvalue weighted by Gasteiger charge is 2.06. The van der Waals surface area contributed by atoms with Gasteiger partial charge in [-0.25, -0.2) is 4.39 Å². The van der Waals surface area contributed by atoms with Crippen molar-refractivity contribution in [2.75, 3.05) is 5.73 Å². The van der Waals surface area contributed by atoms with Gasteiger partial charge in [-0.15, -0.1) is 0 Å². The van der Waals surface area contributed by atoms with Gasteiger partial charge in [-0.1, -0.05) is 0 Å². The van der Waals surface area contributed by atoms with Crippen molar-refractivity contribution in [3.8, 4) is 0 Å². The summed E-state index contributed by atoms with van der Waals surface area (Å²) in [6.07, 6.45) is 0. The maximum Gasteiger partial charge on any atom is 0.153 e. The van der Waals surface area contributed by atoms with Gasteiger partial charge in [0.1, 0.15) is 5.82 Å². The standard InChI is InChI=1S/C8H8FN3/c1-4-2-5(9)3-6-7(4)8(10)12-11-6/h2-3H,1H3,(H3,10,11,12). The Labute approximate surface area is 68.4 Å². The fraction of sp³-hybridized carbons (Fsp3) is 0.125. The van der Waals surface area contributed by atoms with Gasteiger partial charge in [0.15, 0.2) is 5.82 Å². The van der Waals surface area contributed by atoms with Crippen LogP contribution in [0.15, 0.2) is 12.1 Å². The molecule has 4 heteroatoms.